The van der Waals surface area contributed by atoms with Crippen molar-refractivity contribution in [3.63, 3.8) is 0 Å². The number of nitrogens with two attached hydrogens (primary N) is 1. The van der Waals surface area contributed by atoms with Gasteiger partial charge in [-0.3, -0.25) is 5.10 Å². The summed E-state index contributed by atoms with van der Waals surface area (Å²) in [5.41, 5.74) is 0. The van der Waals surface area contributed by atoms with E-state index < -0.39 is 0 Å². The molecular weight excluding hydrogens is 164 g/mol. The SMILES string of the molecule is COCCc1n[nH]c(=S)n1N. The second-order valence-electron chi connectivity index (χ2n) is 2.06. The van der Waals surface area contributed by atoms with Crippen LogP contribution in [0.5, 0.6) is 0 Å². The molecule has 62 valence electrons. The molecule has 0 bridgehead atoms. The Bertz CT molecular complexity index is 278. The van der Waals surface area contributed by atoms with E-state index in [2.05, 4.69) is 10.2 Å². The van der Waals surface area contributed by atoms with Gasteiger partial charge in [-0.05, 0) is 12.2 Å². The Morgan fingerprint density at radius 1 is 1.82 bits per heavy atom. The number of hydrogen-bond acceptors (Lipinski definition) is 4. The molecule has 0 aromatic carbocycles. The summed E-state index contributed by atoms with van der Waals surface area (Å²) in [5, 5.41) is 6.47. The van der Waals surface area contributed by atoms with Gasteiger partial charge < -0.3 is 10.6 Å². The van der Waals surface area contributed by atoms with Crippen LogP contribution in [0.1, 0.15) is 5.82 Å². The van der Waals surface area contributed by atoms with E-state index in [0.717, 1.165) is 0 Å². The molecule has 0 saturated carbocycles. The van der Waals surface area contributed by atoms with Crippen molar-refractivity contribution in [2.24, 2.45) is 0 Å². The molecule has 0 unspecified atom stereocenters. The highest BCUT2D eigenvalue weighted by atomic mass is 32.1. The van der Waals surface area contributed by atoms with Crippen LogP contribution in [0.4, 0.5) is 0 Å². The van der Waals surface area contributed by atoms with Crippen LogP contribution in [-0.2, 0) is 11.2 Å². The smallest absolute Gasteiger partial charge is 0.214 e. The topological polar surface area (TPSA) is 68.9 Å². The highest BCUT2D eigenvalue weighted by Gasteiger charge is 2.00. The lowest BCUT2D eigenvalue weighted by Gasteiger charge is -1.97. The largest absolute Gasteiger partial charge is 0.384 e. The fourth-order valence-corrected chi connectivity index (χ4v) is 0.858. The first-order chi connectivity index (χ1) is 5.25. The Kier molecular flexibility index (Phi) is 2.61. The summed E-state index contributed by atoms with van der Waals surface area (Å²) in [5.74, 6) is 6.21. The van der Waals surface area contributed by atoms with Gasteiger partial charge in [0.25, 0.3) is 0 Å². The molecule has 1 heterocycles. The Morgan fingerprint density at radius 3 is 3.00 bits per heavy atom. The summed E-state index contributed by atoms with van der Waals surface area (Å²) >= 11 is 4.80. The molecule has 0 atom stereocenters. The van der Waals surface area contributed by atoms with Crippen LogP contribution in [0.25, 0.3) is 0 Å². The minimum atomic E-state index is 0.427. The highest BCUT2D eigenvalue weighted by molar-refractivity contribution is 7.71. The van der Waals surface area contributed by atoms with E-state index in [4.69, 9.17) is 22.8 Å². The number of H-pyrrole nitrogens is 1. The molecule has 6 heteroatoms. The van der Waals surface area contributed by atoms with Crippen molar-refractivity contribution in [3.8, 4) is 0 Å². The van der Waals surface area contributed by atoms with Gasteiger partial charge in [0.2, 0.25) is 4.77 Å². The molecule has 0 radical (unpaired) electrons. The first kappa shape index (κ1) is 8.22. The molecule has 3 N–H and O–H groups in total. The summed E-state index contributed by atoms with van der Waals surface area (Å²) < 4.78 is 6.62. The number of nitrogens with zero attached hydrogens (tertiary/aromatic N) is 2. The standard InChI is InChI=1S/C5H10N4OS/c1-10-3-2-4-7-8-5(11)9(4)6/h2-3,6H2,1H3,(H,8,11). The lowest BCUT2D eigenvalue weighted by atomic mass is 10.4. The first-order valence-electron chi connectivity index (χ1n) is 3.16. The van der Waals surface area contributed by atoms with E-state index in [0.29, 0.717) is 23.6 Å². The summed E-state index contributed by atoms with van der Waals surface area (Å²) in [7, 11) is 1.63. The van der Waals surface area contributed by atoms with Crippen molar-refractivity contribution >= 4 is 12.2 Å². The monoisotopic (exact) mass is 174 g/mol. The number of aromatic nitrogens is 3. The number of nitrogens with one attached hydrogen (secondary N) is 1. The number of hydrogen-bond donors (Lipinski definition) is 2. The summed E-state index contributed by atoms with van der Waals surface area (Å²) in [4.78, 5) is 0. The third-order valence-electron chi connectivity index (χ3n) is 1.31. The molecule has 1 aromatic rings. The maximum absolute atomic E-state index is 5.51. The number of methoxy groups -OCH3 is 1. The quantitative estimate of drug-likeness (QED) is 0.493. The third kappa shape index (κ3) is 1.78. The number of aromatic amines is 1. The second kappa shape index (κ2) is 3.49. The molecule has 0 aliphatic heterocycles. The first-order valence-corrected chi connectivity index (χ1v) is 3.57. The van der Waals surface area contributed by atoms with E-state index in [-0.39, 0.29) is 0 Å². The van der Waals surface area contributed by atoms with E-state index in [1.165, 1.54) is 4.68 Å². The van der Waals surface area contributed by atoms with Gasteiger partial charge in [0, 0.05) is 13.5 Å². The summed E-state index contributed by atoms with van der Waals surface area (Å²) in [6.45, 7) is 0.594. The number of ether oxygens (including phenoxy) is 1. The number of rotatable bonds is 3. The minimum absolute atomic E-state index is 0.427. The molecule has 0 fully saturated rings. The third-order valence-corrected chi connectivity index (χ3v) is 1.60. The maximum Gasteiger partial charge on any atom is 0.214 e. The van der Waals surface area contributed by atoms with Gasteiger partial charge in [-0.1, -0.05) is 0 Å². The van der Waals surface area contributed by atoms with Crippen LogP contribution >= 0.6 is 12.2 Å². The number of nitrogen functional groups attached to an aromatic ring is 1. The molecule has 5 nitrogen and oxygen atoms in total. The van der Waals surface area contributed by atoms with Gasteiger partial charge in [0.1, 0.15) is 0 Å². The molecule has 0 amide bonds. The zero-order valence-corrected chi connectivity index (χ0v) is 7.02. The molecule has 0 spiro atoms. The van der Waals surface area contributed by atoms with Crippen LogP contribution in [0, 0.1) is 4.77 Å². The van der Waals surface area contributed by atoms with E-state index in [9.17, 15) is 0 Å². The van der Waals surface area contributed by atoms with Crippen molar-refractivity contribution < 1.29 is 4.74 Å². The fraction of sp³-hybridized carbons (Fsp3) is 0.600. The predicted molar refractivity (Wildman–Crippen MR) is 43.1 cm³/mol. The Hall–Kier alpha value is -0.880. The maximum atomic E-state index is 5.51. The molecule has 0 saturated heterocycles. The highest BCUT2D eigenvalue weighted by Crippen LogP contribution is 1.92. The normalized spacial score (nSPS) is 10.3. The average molecular weight is 174 g/mol. The zero-order chi connectivity index (χ0) is 8.27. The van der Waals surface area contributed by atoms with Crippen LogP contribution in [0.15, 0.2) is 0 Å². The Balaban J connectivity index is 2.71. The van der Waals surface area contributed by atoms with Crippen molar-refractivity contribution in [1.82, 2.24) is 14.9 Å². The van der Waals surface area contributed by atoms with E-state index in [1.807, 2.05) is 0 Å². The van der Waals surface area contributed by atoms with Gasteiger partial charge in [-0.2, -0.15) is 5.10 Å². The second-order valence-corrected chi connectivity index (χ2v) is 2.44. The van der Waals surface area contributed by atoms with Gasteiger partial charge in [0.05, 0.1) is 6.61 Å². The molecule has 11 heavy (non-hydrogen) atoms. The van der Waals surface area contributed by atoms with Crippen LogP contribution in [0.2, 0.25) is 0 Å². The lowest BCUT2D eigenvalue weighted by molar-refractivity contribution is 0.200. The molecule has 0 aliphatic carbocycles. The lowest BCUT2D eigenvalue weighted by Crippen LogP contribution is -2.14. The van der Waals surface area contributed by atoms with E-state index in [1.54, 1.807) is 7.11 Å². The zero-order valence-electron chi connectivity index (χ0n) is 6.20. The summed E-state index contributed by atoms with van der Waals surface area (Å²) in [6, 6.07) is 0. The molecular formula is C5H10N4OS. The predicted octanol–water partition coefficient (Wildman–Crippen LogP) is -0.157. The summed E-state index contributed by atoms with van der Waals surface area (Å²) in [6.07, 6.45) is 0.667. The van der Waals surface area contributed by atoms with Gasteiger partial charge >= 0.3 is 0 Å². The van der Waals surface area contributed by atoms with Crippen LogP contribution in [-0.4, -0.2) is 28.6 Å². The van der Waals surface area contributed by atoms with Gasteiger partial charge in [-0.15, -0.1) is 0 Å². The van der Waals surface area contributed by atoms with Crippen LogP contribution in [0.3, 0.4) is 0 Å². The fourth-order valence-electron chi connectivity index (χ4n) is 0.707. The minimum Gasteiger partial charge on any atom is -0.384 e. The molecule has 1 aromatic heterocycles. The average Bonchev–Trinajstić information content (AvgIpc) is 2.31. The van der Waals surface area contributed by atoms with E-state index >= 15 is 0 Å². The van der Waals surface area contributed by atoms with Gasteiger partial charge in [-0.25, -0.2) is 4.68 Å². The molecule has 0 aliphatic rings. The Labute approximate surface area is 69.1 Å². The van der Waals surface area contributed by atoms with Crippen LogP contribution < -0.4 is 5.84 Å². The van der Waals surface area contributed by atoms with Crippen molar-refractivity contribution in [3.05, 3.63) is 10.6 Å². The van der Waals surface area contributed by atoms with Gasteiger partial charge in [0.15, 0.2) is 5.82 Å². The van der Waals surface area contributed by atoms with Crippen molar-refractivity contribution in [1.29, 1.82) is 0 Å². The van der Waals surface area contributed by atoms with Crippen molar-refractivity contribution in [2.75, 3.05) is 19.6 Å². The molecule has 1 rings (SSSR count). The Morgan fingerprint density at radius 2 is 2.55 bits per heavy atom. The van der Waals surface area contributed by atoms with Crippen molar-refractivity contribution in [2.45, 2.75) is 6.42 Å².